The Balaban J connectivity index is 1.64. The first-order chi connectivity index (χ1) is 17.7. The molecule has 2 aromatic carbocycles. The molecule has 1 fully saturated rings. The van der Waals surface area contributed by atoms with Crippen molar-refractivity contribution < 1.29 is 38.0 Å². The smallest absolute Gasteiger partial charge is 0.194 e. The molecule has 0 radical (unpaired) electrons. The van der Waals surface area contributed by atoms with Crippen LogP contribution >= 0.6 is 11.8 Å². The molecule has 6 atom stereocenters. The number of carbonyl (C=O) groups is 1. The van der Waals surface area contributed by atoms with Crippen LogP contribution in [0.5, 0.6) is 0 Å². The minimum Gasteiger partial charge on any atom is -0.394 e. The largest absolute Gasteiger partial charge is 0.394 e. The normalized spacial score (nSPS) is 24.7. The number of aliphatic hydroxyl groups is 3. The fourth-order valence-electron chi connectivity index (χ4n) is 4.28. The molecule has 198 valence electrons. The first-order valence-corrected chi connectivity index (χ1v) is 12.7. The summed E-state index contributed by atoms with van der Waals surface area (Å²) in [7, 11) is 0. The van der Waals surface area contributed by atoms with Crippen molar-refractivity contribution in [1.29, 1.82) is 0 Å². The zero-order valence-electron chi connectivity index (χ0n) is 19.7. The van der Waals surface area contributed by atoms with Gasteiger partial charge in [0, 0.05) is 17.7 Å². The standard InChI is InChI=1S/C25H26F3N3O5S/c1-2-18(33)25(37-12-13-6-4-3-5-7-13)24-23(35)21(22(34)19(11-32)36-24)31-10-17(29-30-31)14-8-15(26)20(28)16(27)9-14/h3-10,19,21-25,32,34-35H,2,11-12H2,1H3/t19?,21-,22-,23?,24+,25+/m0/s1. The highest BCUT2D eigenvalue weighted by Gasteiger charge is 2.49. The first kappa shape index (κ1) is 27.3. The molecule has 12 heteroatoms. The van der Waals surface area contributed by atoms with Crippen LogP contribution < -0.4 is 0 Å². The number of hydrogen-bond acceptors (Lipinski definition) is 8. The summed E-state index contributed by atoms with van der Waals surface area (Å²) in [6.07, 6.45) is -3.78. The average Bonchev–Trinajstić information content (AvgIpc) is 3.38. The maximum absolute atomic E-state index is 13.7. The Morgan fingerprint density at radius 3 is 2.43 bits per heavy atom. The molecular weight excluding hydrogens is 511 g/mol. The van der Waals surface area contributed by atoms with Crippen molar-refractivity contribution in [2.75, 3.05) is 6.61 Å². The number of aliphatic hydroxyl groups excluding tert-OH is 3. The van der Waals surface area contributed by atoms with Crippen LogP contribution in [0.4, 0.5) is 13.2 Å². The molecule has 1 saturated heterocycles. The van der Waals surface area contributed by atoms with Gasteiger partial charge in [-0.05, 0) is 17.7 Å². The summed E-state index contributed by atoms with van der Waals surface area (Å²) in [5.41, 5.74) is 0.813. The Bertz CT molecular complexity index is 1210. The van der Waals surface area contributed by atoms with Gasteiger partial charge < -0.3 is 20.1 Å². The van der Waals surface area contributed by atoms with Crippen LogP contribution in [0.25, 0.3) is 11.3 Å². The zero-order chi connectivity index (χ0) is 26.7. The third kappa shape index (κ3) is 5.73. The molecular formula is C25H26F3N3O5S. The number of halogens is 3. The van der Waals surface area contributed by atoms with Crippen LogP contribution in [0, 0.1) is 17.5 Å². The molecule has 1 aliphatic rings. The number of thioether (sulfide) groups is 1. The summed E-state index contributed by atoms with van der Waals surface area (Å²) in [6.45, 7) is 1.08. The van der Waals surface area contributed by atoms with Crippen molar-refractivity contribution in [3.63, 3.8) is 0 Å². The molecule has 37 heavy (non-hydrogen) atoms. The molecule has 0 saturated carbocycles. The van der Waals surface area contributed by atoms with Gasteiger partial charge in [0.1, 0.15) is 41.9 Å². The van der Waals surface area contributed by atoms with E-state index in [1.165, 1.54) is 18.0 Å². The summed E-state index contributed by atoms with van der Waals surface area (Å²) in [5, 5.41) is 38.9. The Morgan fingerprint density at radius 2 is 1.81 bits per heavy atom. The second-order valence-corrected chi connectivity index (χ2v) is 9.80. The highest BCUT2D eigenvalue weighted by molar-refractivity contribution is 7.99. The number of benzene rings is 2. The van der Waals surface area contributed by atoms with E-state index >= 15 is 0 Å². The SMILES string of the molecule is CCC(=O)[C@@H](SCc1ccccc1)[C@@H]1OC(CO)[C@H](O)[C@H](n2cc(-c3cc(F)c(F)c(F)c3)nn2)C1O. The van der Waals surface area contributed by atoms with Gasteiger partial charge >= 0.3 is 0 Å². The molecule has 2 unspecified atom stereocenters. The van der Waals surface area contributed by atoms with E-state index in [-0.39, 0.29) is 23.5 Å². The third-order valence-electron chi connectivity index (χ3n) is 6.26. The van der Waals surface area contributed by atoms with Crippen LogP contribution in [-0.4, -0.2) is 72.4 Å². The van der Waals surface area contributed by atoms with E-state index in [1.807, 2.05) is 30.3 Å². The van der Waals surface area contributed by atoms with Gasteiger partial charge in [-0.15, -0.1) is 16.9 Å². The summed E-state index contributed by atoms with van der Waals surface area (Å²) in [4.78, 5) is 12.9. The second-order valence-electron chi connectivity index (χ2n) is 8.67. The molecule has 0 bridgehead atoms. The summed E-state index contributed by atoms with van der Waals surface area (Å²) < 4.78 is 47.7. The van der Waals surface area contributed by atoms with Gasteiger partial charge in [0.25, 0.3) is 0 Å². The summed E-state index contributed by atoms with van der Waals surface area (Å²) >= 11 is 1.27. The highest BCUT2D eigenvalue weighted by Crippen LogP contribution is 2.37. The predicted molar refractivity (Wildman–Crippen MR) is 129 cm³/mol. The van der Waals surface area contributed by atoms with Crippen molar-refractivity contribution in [1.82, 2.24) is 15.0 Å². The van der Waals surface area contributed by atoms with Crippen LogP contribution in [0.1, 0.15) is 24.9 Å². The molecule has 2 heterocycles. The third-order valence-corrected chi connectivity index (χ3v) is 7.65. The Hall–Kier alpha value is -2.77. The molecule has 1 aromatic heterocycles. The predicted octanol–water partition coefficient (Wildman–Crippen LogP) is 2.67. The van der Waals surface area contributed by atoms with Crippen molar-refractivity contribution >= 4 is 17.5 Å². The lowest BCUT2D eigenvalue weighted by atomic mass is 9.89. The van der Waals surface area contributed by atoms with E-state index in [1.54, 1.807) is 6.92 Å². The minimum atomic E-state index is -1.63. The van der Waals surface area contributed by atoms with Crippen LogP contribution in [0.3, 0.4) is 0 Å². The van der Waals surface area contributed by atoms with Gasteiger partial charge in [-0.3, -0.25) is 4.79 Å². The number of hydrogen-bond donors (Lipinski definition) is 3. The number of ether oxygens (including phenoxy) is 1. The van der Waals surface area contributed by atoms with Gasteiger partial charge in [-0.1, -0.05) is 42.5 Å². The van der Waals surface area contributed by atoms with Gasteiger partial charge in [0.2, 0.25) is 0 Å². The lowest BCUT2D eigenvalue weighted by Gasteiger charge is -2.44. The monoisotopic (exact) mass is 537 g/mol. The number of ketones is 1. The fourth-order valence-corrected chi connectivity index (χ4v) is 5.62. The van der Waals surface area contributed by atoms with E-state index < -0.39 is 59.8 Å². The molecule has 4 rings (SSSR count). The molecule has 3 N–H and O–H groups in total. The van der Waals surface area contributed by atoms with E-state index in [9.17, 15) is 33.3 Å². The van der Waals surface area contributed by atoms with Crippen molar-refractivity contribution in [3.8, 4) is 11.3 Å². The Morgan fingerprint density at radius 1 is 1.14 bits per heavy atom. The topological polar surface area (TPSA) is 118 Å². The average molecular weight is 538 g/mol. The number of aromatic nitrogens is 3. The van der Waals surface area contributed by atoms with Gasteiger partial charge in [0.05, 0.1) is 18.1 Å². The van der Waals surface area contributed by atoms with Gasteiger partial charge in [0.15, 0.2) is 17.5 Å². The van der Waals surface area contributed by atoms with E-state index in [2.05, 4.69) is 10.3 Å². The molecule has 1 aliphatic heterocycles. The quantitative estimate of drug-likeness (QED) is 0.357. The lowest BCUT2D eigenvalue weighted by molar-refractivity contribution is -0.205. The fraction of sp³-hybridized carbons (Fsp3) is 0.400. The second kappa shape index (κ2) is 11.7. The maximum atomic E-state index is 13.7. The Labute approximate surface area is 215 Å². The number of rotatable bonds is 9. The van der Waals surface area contributed by atoms with Crippen LogP contribution in [0.15, 0.2) is 48.7 Å². The summed E-state index contributed by atoms with van der Waals surface area (Å²) in [5.74, 6) is -4.18. The number of Topliss-reactive ketones (excluding diaryl/α,β-unsaturated/α-hetero) is 1. The highest BCUT2D eigenvalue weighted by atomic mass is 32.2. The van der Waals surface area contributed by atoms with Crippen molar-refractivity contribution in [3.05, 3.63) is 71.7 Å². The molecule has 8 nitrogen and oxygen atoms in total. The van der Waals surface area contributed by atoms with Crippen molar-refractivity contribution in [2.45, 2.75) is 54.8 Å². The van der Waals surface area contributed by atoms with Crippen LogP contribution in [0.2, 0.25) is 0 Å². The van der Waals surface area contributed by atoms with Crippen LogP contribution in [-0.2, 0) is 15.3 Å². The number of nitrogens with zero attached hydrogens (tertiary/aromatic N) is 3. The maximum Gasteiger partial charge on any atom is 0.194 e. The first-order valence-electron chi connectivity index (χ1n) is 11.6. The van der Waals surface area contributed by atoms with E-state index in [0.29, 0.717) is 5.75 Å². The molecule has 0 spiro atoms. The van der Waals surface area contributed by atoms with Crippen molar-refractivity contribution in [2.24, 2.45) is 0 Å². The Kier molecular flexibility index (Phi) is 8.65. The number of carbonyl (C=O) groups excluding carboxylic acids is 1. The van der Waals surface area contributed by atoms with E-state index in [4.69, 9.17) is 4.74 Å². The van der Waals surface area contributed by atoms with Gasteiger partial charge in [-0.25, -0.2) is 17.9 Å². The molecule has 0 amide bonds. The molecule has 3 aromatic rings. The molecule has 0 aliphatic carbocycles. The summed E-state index contributed by atoms with van der Waals surface area (Å²) in [6, 6.07) is 9.70. The van der Waals surface area contributed by atoms with E-state index in [0.717, 1.165) is 22.4 Å². The zero-order valence-corrected chi connectivity index (χ0v) is 20.6. The van der Waals surface area contributed by atoms with Gasteiger partial charge in [-0.2, -0.15) is 0 Å². The minimum absolute atomic E-state index is 0.0413. The lowest BCUT2D eigenvalue weighted by Crippen LogP contribution is -2.59.